The molecule has 0 spiro atoms. The smallest absolute Gasteiger partial charge is 0.356 e. The van der Waals surface area contributed by atoms with Crippen molar-refractivity contribution >= 4 is 11.8 Å². The normalized spacial score (nSPS) is 14.9. The Bertz CT molecular complexity index is 950. The molecule has 1 aliphatic heterocycles. The molecule has 3 aromatic rings. The van der Waals surface area contributed by atoms with Crippen molar-refractivity contribution in [3.8, 4) is 11.3 Å². The molecule has 0 N–H and O–H groups in total. The number of anilines is 1. The number of hydrogen-bond acceptors (Lipinski definition) is 6. The van der Waals surface area contributed by atoms with Crippen LogP contribution in [0.15, 0.2) is 48.9 Å². The van der Waals surface area contributed by atoms with E-state index >= 15 is 0 Å². The van der Waals surface area contributed by atoms with E-state index in [1.54, 1.807) is 31.4 Å². The zero-order valence-electron chi connectivity index (χ0n) is 15.5. The summed E-state index contributed by atoms with van der Waals surface area (Å²) in [6, 6.07) is 9.55. The molecule has 1 fully saturated rings. The van der Waals surface area contributed by atoms with E-state index in [9.17, 15) is 9.18 Å². The van der Waals surface area contributed by atoms with Crippen LogP contribution < -0.4 is 4.90 Å². The Morgan fingerprint density at radius 3 is 2.61 bits per heavy atom. The van der Waals surface area contributed by atoms with E-state index in [0.717, 1.165) is 37.3 Å². The zero-order valence-corrected chi connectivity index (χ0v) is 15.5. The number of carbonyl (C=O) groups excluding carboxylic acids is 1. The molecule has 2 aromatic heterocycles. The number of ether oxygens (including phenoxy) is 1. The van der Waals surface area contributed by atoms with Crippen molar-refractivity contribution in [1.82, 2.24) is 19.7 Å². The fraction of sp³-hybridized carbons (Fsp3) is 0.300. The lowest BCUT2D eigenvalue weighted by atomic mass is 10.1. The molecule has 0 unspecified atom stereocenters. The number of rotatable bonds is 4. The van der Waals surface area contributed by atoms with Gasteiger partial charge in [-0.2, -0.15) is 5.10 Å². The SMILES string of the molecule is Cn1nc(-c2ccc(F)cc2)cc1C(=O)OC1CCN(c2ccncn2)CC1. The van der Waals surface area contributed by atoms with E-state index in [-0.39, 0.29) is 11.9 Å². The van der Waals surface area contributed by atoms with Crippen LogP contribution in [0.3, 0.4) is 0 Å². The van der Waals surface area contributed by atoms with Crippen molar-refractivity contribution in [3.05, 3.63) is 60.4 Å². The number of hydrogen-bond donors (Lipinski definition) is 0. The molecule has 0 aliphatic carbocycles. The van der Waals surface area contributed by atoms with Gasteiger partial charge >= 0.3 is 5.97 Å². The van der Waals surface area contributed by atoms with Gasteiger partial charge in [-0.25, -0.2) is 19.2 Å². The monoisotopic (exact) mass is 381 g/mol. The Morgan fingerprint density at radius 2 is 1.93 bits per heavy atom. The van der Waals surface area contributed by atoms with E-state index in [0.29, 0.717) is 11.4 Å². The third-order valence-electron chi connectivity index (χ3n) is 4.83. The molecule has 0 radical (unpaired) electrons. The van der Waals surface area contributed by atoms with Crippen LogP contribution in [-0.2, 0) is 11.8 Å². The first-order valence-electron chi connectivity index (χ1n) is 9.12. The first kappa shape index (κ1) is 18.1. The Morgan fingerprint density at radius 1 is 1.18 bits per heavy atom. The summed E-state index contributed by atoms with van der Waals surface area (Å²) in [5.74, 6) is 0.173. The maximum atomic E-state index is 13.1. The molecule has 4 rings (SSSR count). The summed E-state index contributed by atoms with van der Waals surface area (Å²) in [6.07, 6.45) is 4.57. The highest BCUT2D eigenvalue weighted by molar-refractivity contribution is 5.89. The Balaban J connectivity index is 1.39. The minimum Gasteiger partial charge on any atom is -0.458 e. The lowest BCUT2D eigenvalue weighted by molar-refractivity contribution is 0.0232. The molecule has 0 bridgehead atoms. The van der Waals surface area contributed by atoms with Crippen LogP contribution in [-0.4, -0.2) is 44.9 Å². The van der Waals surface area contributed by atoms with Gasteiger partial charge in [0.05, 0.1) is 5.69 Å². The molecule has 1 saturated heterocycles. The average molecular weight is 381 g/mol. The second-order valence-electron chi connectivity index (χ2n) is 6.70. The van der Waals surface area contributed by atoms with Crippen molar-refractivity contribution in [2.24, 2.45) is 7.05 Å². The highest BCUT2D eigenvalue weighted by Crippen LogP contribution is 2.22. The quantitative estimate of drug-likeness (QED) is 0.647. The first-order chi connectivity index (χ1) is 13.6. The van der Waals surface area contributed by atoms with Gasteiger partial charge in [-0.3, -0.25) is 4.68 Å². The van der Waals surface area contributed by atoms with Gasteiger partial charge < -0.3 is 9.64 Å². The van der Waals surface area contributed by atoms with Crippen molar-refractivity contribution in [1.29, 1.82) is 0 Å². The maximum absolute atomic E-state index is 13.1. The molecular formula is C20H20FN5O2. The third kappa shape index (κ3) is 3.85. The molecule has 3 heterocycles. The lowest BCUT2D eigenvalue weighted by Crippen LogP contribution is -2.38. The number of esters is 1. The van der Waals surface area contributed by atoms with Gasteiger partial charge in [0.15, 0.2) is 0 Å². The molecule has 0 saturated carbocycles. The number of carbonyl (C=O) groups is 1. The largest absolute Gasteiger partial charge is 0.458 e. The van der Waals surface area contributed by atoms with Gasteiger partial charge in [0, 0.05) is 44.7 Å². The van der Waals surface area contributed by atoms with Crippen LogP contribution in [0.5, 0.6) is 0 Å². The number of piperidine rings is 1. The number of aromatic nitrogens is 4. The van der Waals surface area contributed by atoms with Crippen LogP contribution in [0.4, 0.5) is 10.2 Å². The first-order valence-corrected chi connectivity index (χ1v) is 9.12. The number of benzene rings is 1. The fourth-order valence-electron chi connectivity index (χ4n) is 3.31. The van der Waals surface area contributed by atoms with Gasteiger partial charge in [-0.15, -0.1) is 0 Å². The predicted octanol–water partition coefficient (Wildman–Crippen LogP) is 2.84. The molecule has 7 nitrogen and oxygen atoms in total. The number of aryl methyl sites for hydroxylation is 1. The predicted molar refractivity (Wildman–Crippen MR) is 101 cm³/mol. The Labute approximate surface area is 161 Å². The Kier molecular flexibility index (Phi) is 5.01. The minimum absolute atomic E-state index is 0.144. The summed E-state index contributed by atoms with van der Waals surface area (Å²) < 4.78 is 20.3. The van der Waals surface area contributed by atoms with Gasteiger partial charge in [0.1, 0.15) is 29.8 Å². The molecule has 8 heteroatoms. The molecule has 144 valence electrons. The van der Waals surface area contributed by atoms with E-state index in [1.807, 2.05) is 6.07 Å². The van der Waals surface area contributed by atoms with Crippen LogP contribution in [0.25, 0.3) is 11.3 Å². The zero-order chi connectivity index (χ0) is 19.5. The van der Waals surface area contributed by atoms with Crippen LogP contribution in [0.2, 0.25) is 0 Å². The van der Waals surface area contributed by atoms with E-state index < -0.39 is 5.97 Å². The summed E-state index contributed by atoms with van der Waals surface area (Å²) in [4.78, 5) is 22.9. The number of nitrogens with zero attached hydrogens (tertiary/aromatic N) is 5. The van der Waals surface area contributed by atoms with Crippen molar-refractivity contribution in [2.45, 2.75) is 18.9 Å². The second-order valence-corrected chi connectivity index (χ2v) is 6.70. The summed E-state index contributed by atoms with van der Waals surface area (Å²) >= 11 is 0. The van der Waals surface area contributed by atoms with Gasteiger partial charge in [-0.05, 0) is 36.4 Å². The molecule has 0 atom stereocenters. The summed E-state index contributed by atoms with van der Waals surface area (Å²) in [7, 11) is 1.70. The highest BCUT2D eigenvalue weighted by Gasteiger charge is 2.25. The molecule has 0 amide bonds. The summed E-state index contributed by atoms with van der Waals surface area (Å²) in [6.45, 7) is 1.53. The van der Waals surface area contributed by atoms with Gasteiger partial charge in [-0.1, -0.05) is 0 Å². The van der Waals surface area contributed by atoms with E-state index in [2.05, 4.69) is 20.0 Å². The molecule has 1 aromatic carbocycles. The average Bonchev–Trinajstić information content (AvgIpc) is 3.11. The summed E-state index contributed by atoms with van der Waals surface area (Å²) in [5, 5.41) is 4.35. The third-order valence-corrected chi connectivity index (χ3v) is 4.83. The molecular weight excluding hydrogens is 361 g/mol. The van der Waals surface area contributed by atoms with E-state index in [1.165, 1.54) is 23.1 Å². The topological polar surface area (TPSA) is 73.1 Å². The molecule has 1 aliphatic rings. The van der Waals surface area contributed by atoms with Crippen LogP contribution in [0.1, 0.15) is 23.3 Å². The van der Waals surface area contributed by atoms with Crippen LogP contribution in [0, 0.1) is 5.82 Å². The standard InChI is InChI=1S/C20H20FN5O2/c1-25-18(12-17(24-25)14-2-4-15(21)5-3-14)20(27)28-16-7-10-26(11-8-16)19-6-9-22-13-23-19/h2-6,9,12-13,16H,7-8,10-11H2,1H3. The second kappa shape index (κ2) is 7.75. The highest BCUT2D eigenvalue weighted by atomic mass is 19.1. The fourth-order valence-corrected chi connectivity index (χ4v) is 3.31. The van der Waals surface area contributed by atoms with Gasteiger partial charge in [0.25, 0.3) is 0 Å². The van der Waals surface area contributed by atoms with Crippen molar-refractivity contribution in [3.63, 3.8) is 0 Å². The van der Waals surface area contributed by atoms with E-state index in [4.69, 9.17) is 4.74 Å². The summed E-state index contributed by atoms with van der Waals surface area (Å²) in [5.41, 5.74) is 1.72. The van der Waals surface area contributed by atoms with Crippen LogP contribution >= 0.6 is 0 Å². The lowest BCUT2D eigenvalue weighted by Gasteiger charge is -2.32. The number of halogens is 1. The molecule has 28 heavy (non-hydrogen) atoms. The Hall–Kier alpha value is -3.29. The van der Waals surface area contributed by atoms with Crippen molar-refractivity contribution in [2.75, 3.05) is 18.0 Å². The van der Waals surface area contributed by atoms with Gasteiger partial charge in [0.2, 0.25) is 0 Å². The minimum atomic E-state index is -0.399. The van der Waals surface area contributed by atoms with Crippen molar-refractivity contribution < 1.29 is 13.9 Å². The maximum Gasteiger partial charge on any atom is 0.356 e.